The Morgan fingerprint density at radius 2 is 1.86 bits per heavy atom. The fraction of sp³-hybridized carbons (Fsp3) is 0.533. The minimum atomic E-state index is -2.87. The Bertz CT molecular complexity index is 2690. The molecule has 5 aromatic rings. The first kappa shape index (κ1) is 43.3. The van der Waals surface area contributed by atoms with Crippen LogP contribution in [0, 0.1) is 17.8 Å². The van der Waals surface area contributed by atoms with Crippen molar-refractivity contribution in [3.8, 4) is 11.8 Å². The predicted molar refractivity (Wildman–Crippen MR) is 232 cm³/mol. The molecule has 0 spiro atoms. The second kappa shape index (κ2) is 17.9. The summed E-state index contributed by atoms with van der Waals surface area (Å²) in [5.41, 5.74) is 1.21. The van der Waals surface area contributed by atoms with Gasteiger partial charge in [-0.15, -0.1) is 0 Å². The monoisotopic (exact) mass is 881 g/mol. The number of amides is 3. The van der Waals surface area contributed by atoms with Crippen LogP contribution in [0.5, 0.6) is 0 Å². The molecule has 3 amide bonds. The largest absolute Gasteiger partial charge is 0.372 e. The van der Waals surface area contributed by atoms with Gasteiger partial charge < -0.3 is 24.6 Å². The van der Waals surface area contributed by atoms with Gasteiger partial charge in [0.05, 0.1) is 52.8 Å². The number of rotatable bonds is 10. The van der Waals surface area contributed by atoms with Crippen LogP contribution in [0.4, 0.5) is 20.3 Å². The standard InChI is InChI=1S/C45H53F2N11O6/c1-45(2)27-55(21-23-64-45)36-17-20-56-41(50-36)32(24-48-56)42(60)49-33-26-57(52-38(33)40(46)47)30-11-9-28(10-12-30)25-54-18-15-31(16-19-54)63-22-5-7-29-6-4-8-34-39(29)53(3)44(62)58(34)35-13-14-37(59)51-43(35)61/h4,6,8,17,20,24,26,28,30-31,35,40H,9-16,18-19,21-23,25,27H2,1-3H3,(H,49,60)(H,51,59,61). The maximum Gasteiger partial charge on any atom is 0.329 e. The molecule has 7 heterocycles. The molecule has 3 saturated heterocycles. The van der Waals surface area contributed by atoms with E-state index in [0.29, 0.717) is 53.7 Å². The molecule has 1 saturated carbocycles. The lowest BCUT2D eigenvalue weighted by molar-refractivity contribution is -0.135. The zero-order valence-corrected chi connectivity index (χ0v) is 36.3. The van der Waals surface area contributed by atoms with E-state index in [1.807, 2.05) is 26.0 Å². The Balaban J connectivity index is 0.751. The fourth-order valence-corrected chi connectivity index (χ4v) is 9.72. The maximum absolute atomic E-state index is 14.3. The summed E-state index contributed by atoms with van der Waals surface area (Å²) in [5, 5.41) is 13.6. The number of carbonyl (C=O) groups excluding carboxylic acids is 3. The van der Waals surface area contributed by atoms with E-state index in [0.717, 1.165) is 58.2 Å². The van der Waals surface area contributed by atoms with E-state index in [1.165, 1.54) is 26.0 Å². The second-order valence-electron chi connectivity index (χ2n) is 17.9. The number of hydrogen-bond acceptors (Lipinski definition) is 11. The molecule has 9 rings (SSSR count). The SMILES string of the molecule is Cn1c(=O)n(C2CCC(=O)NC2=O)c2cccc(C#CCOC3CCN(CC4CCC(n5cc(NC(=O)c6cnn7ccc(N8CCOC(C)(C)C8)nc67)c(C(F)F)n5)CC4)CC3)c21. The molecule has 4 fully saturated rings. The van der Waals surface area contributed by atoms with Crippen molar-refractivity contribution in [1.82, 2.24) is 43.7 Å². The Morgan fingerprint density at radius 1 is 1.06 bits per heavy atom. The first-order valence-corrected chi connectivity index (χ1v) is 22.1. The van der Waals surface area contributed by atoms with Crippen LogP contribution in [0.25, 0.3) is 16.7 Å². The second-order valence-corrected chi connectivity index (χ2v) is 17.9. The molecule has 0 radical (unpaired) electrons. The number of aryl methyl sites for hydroxylation is 1. The normalized spacial score (nSPS) is 22.2. The molecule has 0 bridgehead atoms. The van der Waals surface area contributed by atoms with Crippen LogP contribution in [0.3, 0.4) is 0 Å². The number of benzene rings is 1. The third-order valence-corrected chi connectivity index (χ3v) is 13.0. The molecule has 19 heteroatoms. The van der Waals surface area contributed by atoms with E-state index in [2.05, 4.69) is 42.5 Å². The smallest absolute Gasteiger partial charge is 0.329 e. The summed E-state index contributed by atoms with van der Waals surface area (Å²) in [5.74, 6) is 6.04. The molecular weight excluding hydrogens is 829 g/mol. The van der Waals surface area contributed by atoms with Gasteiger partial charge in [0.1, 0.15) is 24.0 Å². The Hall–Kier alpha value is -5.97. The molecule has 1 unspecified atom stereocenters. The number of likely N-dealkylation sites (tertiary alicyclic amines) is 1. The van der Waals surface area contributed by atoms with Crippen LogP contribution in [0.15, 0.2) is 47.7 Å². The van der Waals surface area contributed by atoms with Crippen LogP contribution in [0.2, 0.25) is 0 Å². The van der Waals surface area contributed by atoms with Crippen molar-refractivity contribution in [3.63, 3.8) is 0 Å². The number of halogens is 2. The quantitative estimate of drug-likeness (QED) is 0.148. The Kier molecular flexibility index (Phi) is 12.1. The average molecular weight is 882 g/mol. The predicted octanol–water partition coefficient (Wildman–Crippen LogP) is 4.63. The number of carbonyl (C=O) groups is 3. The van der Waals surface area contributed by atoms with Crippen molar-refractivity contribution in [2.45, 2.75) is 95.4 Å². The fourth-order valence-electron chi connectivity index (χ4n) is 9.72. The Labute approximate surface area is 368 Å². The number of hydrogen-bond donors (Lipinski definition) is 2. The third kappa shape index (κ3) is 8.91. The number of alkyl halides is 2. The number of imidazole rings is 1. The number of fused-ring (bicyclic) bond motifs is 2. The number of nitrogens with zero attached hydrogens (tertiary/aromatic N) is 9. The first-order valence-electron chi connectivity index (χ1n) is 22.1. The van der Waals surface area contributed by atoms with Crippen molar-refractivity contribution in [1.29, 1.82) is 0 Å². The summed E-state index contributed by atoms with van der Waals surface area (Å²) >= 11 is 0. The molecular formula is C45H53F2N11O6. The molecule has 17 nitrogen and oxygen atoms in total. The summed E-state index contributed by atoms with van der Waals surface area (Å²) in [6, 6.07) is 6.45. The summed E-state index contributed by atoms with van der Waals surface area (Å²) in [6.45, 7) is 8.86. The number of nitrogens with one attached hydrogen (secondary N) is 2. The van der Waals surface area contributed by atoms with E-state index in [-0.39, 0.29) is 60.0 Å². The van der Waals surface area contributed by atoms with Crippen molar-refractivity contribution < 1.29 is 32.6 Å². The number of para-hydroxylation sites is 1. The summed E-state index contributed by atoms with van der Waals surface area (Å²) in [4.78, 5) is 60.4. The van der Waals surface area contributed by atoms with E-state index >= 15 is 0 Å². The van der Waals surface area contributed by atoms with Crippen molar-refractivity contribution in [2.24, 2.45) is 13.0 Å². The number of morpholine rings is 1. The average Bonchev–Trinajstić information content (AvgIpc) is 3.97. The van der Waals surface area contributed by atoms with Gasteiger partial charge in [-0.25, -0.2) is 23.1 Å². The molecule has 338 valence electrons. The van der Waals surface area contributed by atoms with Crippen LogP contribution in [0.1, 0.15) is 105 Å². The maximum atomic E-state index is 14.3. The van der Waals surface area contributed by atoms with E-state index in [1.54, 1.807) is 30.1 Å². The lowest BCUT2D eigenvalue weighted by atomic mass is 9.85. The lowest BCUT2D eigenvalue weighted by Crippen LogP contribution is -2.48. The van der Waals surface area contributed by atoms with Crippen molar-refractivity contribution in [2.75, 3.05) is 56.2 Å². The van der Waals surface area contributed by atoms with Crippen molar-refractivity contribution >= 4 is 45.9 Å². The topological polar surface area (TPSA) is 175 Å². The van der Waals surface area contributed by atoms with Gasteiger partial charge in [-0.1, -0.05) is 17.9 Å². The Morgan fingerprint density at radius 3 is 2.61 bits per heavy atom. The highest BCUT2D eigenvalue weighted by molar-refractivity contribution is 6.08. The molecule has 3 aliphatic heterocycles. The number of anilines is 2. The highest BCUT2D eigenvalue weighted by atomic mass is 19.3. The van der Waals surface area contributed by atoms with Gasteiger partial charge in [0.2, 0.25) is 11.8 Å². The summed E-state index contributed by atoms with van der Waals surface area (Å²) in [6.07, 6.45) is 7.54. The number of imide groups is 1. The van der Waals surface area contributed by atoms with E-state index in [4.69, 9.17) is 14.5 Å². The summed E-state index contributed by atoms with van der Waals surface area (Å²) < 4.78 is 46.7. The number of aromatic nitrogens is 7. The van der Waals surface area contributed by atoms with Crippen LogP contribution in [-0.4, -0.2) is 114 Å². The minimum absolute atomic E-state index is 0.0188. The van der Waals surface area contributed by atoms with Gasteiger partial charge in [0, 0.05) is 58.6 Å². The van der Waals surface area contributed by atoms with Gasteiger partial charge in [0.15, 0.2) is 11.3 Å². The number of piperidine rings is 2. The lowest BCUT2D eigenvalue weighted by Gasteiger charge is -2.38. The molecule has 64 heavy (non-hydrogen) atoms. The van der Waals surface area contributed by atoms with Gasteiger partial charge in [0.25, 0.3) is 12.3 Å². The van der Waals surface area contributed by atoms with Gasteiger partial charge in [-0.3, -0.25) is 33.5 Å². The minimum Gasteiger partial charge on any atom is -0.372 e. The molecule has 1 aliphatic carbocycles. The van der Waals surface area contributed by atoms with E-state index in [9.17, 15) is 28.0 Å². The van der Waals surface area contributed by atoms with Crippen LogP contribution in [-0.2, 0) is 26.1 Å². The highest BCUT2D eigenvalue weighted by Gasteiger charge is 2.33. The van der Waals surface area contributed by atoms with Crippen molar-refractivity contribution in [3.05, 3.63) is 70.2 Å². The van der Waals surface area contributed by atoms with Gasteiger partial charge in [-0.05, 0) is 82.9 Å². The molecule has 1 atom stereocenters. The highest BCUT2D eigenvalue weighted by Crippen LogP contribution is 2.36. The molecule has 2 N–H and O–H groups in total. The van der Waals surface area contributed by atoms with Gasteiger partial charge in [-0.2, -0.15) is 10.2 Å². The van der Waals surface area contributed by atoms with E-state index < -0.39 is 30.0 Å². The first-order chi connectivity index (χ1) is 30.8. The van der Waals surface area contributed by atoms with Crippen LogP contribution < -0.4 is 21.2 Å². The zero-order chi connectivity index (χ0) is 44.7. The summed E-state index contributed by atoms with van der Waals surface area (Å²) in [7, 11) is 1.66. The third-order valence-electron chi connectivity index (χ3n) is 13.0. The molecule has 4 aliphatic rings. The molecule has 4 aromatic heterocycles. The van der Waals surface area contributed by atoms with Gasteiger partial charge >= 0.3 is 5.69 Å². The number of ether oxygens (including phenoxy) is 2. The molecule has 1 aromatic carbocycles. The zero-order valence-electron chi connectivity index (χ0n) is 36.3. The van der Waals surface area contributed by atoms with Crippen LogP contribution >= 0.6 is 0 Å².